The number of hydrogen-bond donors (Lipinski definition) is 1. The van der Waals surface area contributed by atoms with Crippen molar-refractivity contribution in [1.82, 2.24) is 14.8 Å². The van der Waals surface area contributed by atoms with Crippen molar-refractivity contribution < 1.29 is 18.7 Å². The minimum atomic E-state index is -0.152. The summed E-state index contributed by atoms with van der Waals surface area (Å²) < 4.78 is 18.6. The Bertz CT molecular complexity index is 1270. The molecule has 0 saturated carbocycles. The standard InChI is InChI=1S/C24H22N4O4S/c1-16-4-2-5-17(12-16)23-26-27-24(28(23)14-19-6-3-9-30-19)33-15-22(29)25-18-7-8-20-21(13-18)32-11-10-31-20/h2-9,12-13H,10-11,14-15H2,1H3,(H,25,29). The molecule has 8 nitrogen and oxygen atoms in total. The fourth-order valence-electron chi connectivity index (χ4n) is 3.54. The lowest BCUT2D eigenvalue weighted by Crippen LogP contribution is -2.17. The normalized spacial score (nSPS) is 12.5. The lowest BCUT2D eigenvalue weighted by atomic mass is 10.1. The number of aryl methyl sites for hydroxylation is 1. The van der Waals surface area contributed by atoms with Gasteiger partial charge < -0.3 is 19.2 Å². The van der Waals surface area contributed by atoms with Gasteiger partial charge in [-0.3, -0.25) is 9.36 Å². The molecule has 9 heteroatoms. The zero-order chi connectivity index (χ0) is 22.6. The molecule has 1 aliphatic heterocycles. The van der Waals surface area contributed by atoms with Gasteiger partial charge in [0.15, 0.2) is 22.5 Å². The fraction of sp³-hybridized carbons (Fsp3) is 0.208. The summed E-state index contributed by atoms with van der Waals surface area (Å²) in [7, 11) is 0. The van der Waals surface area contributed by atoms with Gasteiger partial charge in [-0.05, 0) is 37.3 Å². The van der Waals surface area contributed by atoms with E-state index in [4.69, 9.17) is 13.9 Å². The molecule has 0 fully saturated rings. The van der Waals surface area contributed by atoms with Crippen LogP contribution in [0.15, 0.2) is 70.4 Å². The Balaban J connectivity index is 1.32. The molecule has 1 amide bonds. The minimum absolute atomic E-state index is 0.152. The number of nitrogens with zero attached hydrogens (tertiary/aromatic N) is 3. The van der Waals surface area contributed by atoms with Crippen molar-refractivity contribution in [2.45, 2.75) is 18.6 Å². The highest BCUT2D eigenvalue weighted by Crippen LogP contribution is 2.33. The molecule has 0 aliphatic carbocycles. The zero-order valence-electron chi connectivity index (χ0n) is 18.0. The maximum absolute atomic E-state index is 12.6. The molecule has 0 spiro atoms. The second-order valence-electron chi connectivity index (χ2n) is 7.54. The predicted molar refractivity (Wildman–Crippen MR) is 125 cm³/mol. The summed E-state index contributed by atoms with van der Waals surface area (Å²) in [6, 6.07) is 17.2. The lowest BCUT2D eigenvalue weighted by Gasteiger charge is -2.19. The van der Waals surface area contributed by atoms with Crippen molar-refractivity contribution >= 4 is 23.4 Å². The van der Waals surface area contributed by atoms with Crippen molar-refractivity contribution in [3.8, 4) is 22.9 Å². The first-order valence-electron chi connectivity index (χ1n) is 10.5. The van der Waals surface area contributed by atoms with Crippen LogP contribution in [0.2, 0.25) is 0 Å². The van der Waals surface area contributed by atoms with Gasteiger partial charge in [0.25, 0.3) is 0 Å². The van der Waals surface area contributed by atoms with Crippen LogP contribution in [0, 0.1) is 6.92 Å². The number of anilines is 1. The van der Waals surface area contributed by atoms with Gasteiger partial charge in [-0.25, -0.2) is 0 Å². The monoisotopic (exact) mass is 462 g/mol. The number of nitrogens with one attached hydrogen (secondary N) is 1. The van der Waals surface area contributed by atoms with Crippen LogP contribution in [-0.2, 0) is 11.3 Å². The molecule has 2 aromatic carbocycles. The Morgan fingerprint density at radius 1 is 1.06 bits per heavy atom. The molecule has 5 rings (SSSR count). The van der Waals surface area contributed by atoms with E-state index in [1.165, 1.54) is 11.8 Å². The van der Waals surface area contributed by atoms with E-state index in [0.29, 0.717) is 42.1 Å². The Morgan fingerprint density at radius 3 is 2.76 bits per heavy atom. The molecule has 0 bridgehead atoms. The predicted octanol–water partition coefficient (Wildman–Crippen LogP) is 4.40. The Hall–Kier alpha value is -3.72. The van der Waals surface area contributed by atoms with Gasteiger partial charge in [0.2, 0.25) is 5.91 Å². The maximum Gasteiger partial charge on any atom is 0.234 e. The van der Waals surface area contributed by atoms with Crippen LogP contribution in [0.4, 0.5) is 5.69 Å². The average Bonchev–Trinajstić information content (AvgIpc) is 3.48. The van der Waals surface area contributed by atoms with Gasteiger partial charge in [0.05, 0.1) is 18.6 Å². The van der Waals surface area contributed by atoms with E-state index in [2.05, 4.69) is 21.6 Å². The molecule has 0 unspecified atom stereocenters. The summed E-state index contributed by atoms with van der Waals surface area (Å²) in [6.45, 7) is 3.53. The number of rotatable bonds is 7. The molecule has 3 heterocycles. The number of carbonyl (C=O) groups is 1. The number of benzene rings is 2. The van der Waals surface area contributed by atoms with E-state index in [1.807, 2.05) is 41.8 Å². The average molecular weight is 463 g/mol. The molecule has 33 heavy (non-hydrogen) atoms. The number of aromatic nitrogens is 3. The largest absolute Gasteiger partial charge is 0.486 e. The lowest BCUT2D eigenvalue weighted by molar-refractivity contribution is -0.113. The summed E-state index contributed by atoms with van der Waals surface area (Å²) in [5.74, 6) is 2.85. The molecular weight excluding hydrogens is 440 g/mol. The number of amides is 1. The van der Waals surface area contributed by atoms with Gasteiger partial charge in [-0.15, -0.1) is 10.2 Å². The summed E-state index contributed by atoms with van der Waals surface area (Å²) in [5, 5.41) is 12.3. The molecule has 4 aromatic rings. The first-order valence-corrected chi connectivity index (χ1v) is 11.5. The highest BCUT2D eigenvalue weighted by molar-refractivity contribution is 7.99. The van der Waals surface area contributed by atoms with E-state index < -0.39 is 0 Å². The highest BCUT2D eigenvalue weighted by Gasteiger charge is 2.18. The van der Waals surface area contributed by atoms with Crippen LogP contribution < -0.4 is 14.8 Å². The molecule has 1 N–H and O–H groups in total. The van der Waals surface area contributed by atoms with Crippen LogP contribution in [0.5, 0.6) is 11.5 Å². The van der Waals surface area contributed by atoms with Crippen molar-refractivity contribution in [3.05, 3.63) is 72.2 Å². The highest BCUT2D eigenvalue weighted by atomic mass is 32.2. The number of ether oxygens (including phenoxy) is 2. The first kappa shape index (κ1) is 21.1. The number of carbonyl (C=O) groups excluding carboxylic acids is 1. The second kappa shape index (κ2) is 9.41. The number of fused-ring (bicyclic) bond motifs is 1. The third kappa shape index (κ3) is 4.88. The van der Waals surface area contributed by atoms with E-state index in [1.54, 1.807) is 24.5 Å². The van der Waals surface area contributed by atoms with Crippen LogP contribution in [-0.4, -0.2) is 39.6 Å². The second-order valence-corrected chi connectivity index (χ2v) is 8.48. The van der Waals surface area contributed by atoms with Crippen LogP contribution in [0.3, 0.4) is 0 Å². The number of furan rings is 1. The van der Waals surface area contributed by atoms with Gasteiger partial charge >= 0.3 is 0 Å². The Morgan fingerprint density at radius 2 is 1.94 bits per heavy atom. The Labute approximate surface area is 194 Å². The number of thioether (sulfide) groups is 1. The van der Waals surface area contributed by atoms with Gasteiger partial charge in [0, 0.05) is 17.3 Å². The molecule has 0 radical (unpaired) electrons. The summed E-state index contributed by atoms with van der Waals surface area (Å²) >= 11 is 1.32. The van der Waals surface area contributed by atoms with E-state index in [0.717, 1.165) is 22.7 Å². The Kier molecular flexibility index (Phi) is 6.03. The summed E-state index contributed by atoms with van der Waals surface area (Å²) in [4.78, 5) is 12.6. The van der Waals surface area contributed by atoms with Gasteiger partial charge in [-0.1, -0.05) is 35.5 Å². The molecule has 0 atom stereocenters. The van der Waals surface area contributed by atoms with Crippen LogP contribution in [0.25, 0.3) is 11.4 Å². The third-order valence-corrected chi connectivity index (χ3v) is 6.01. The summed E-state index contributed by atoms with van der Waals surface area (Å²) in [5.41, 5.74) is 2.75. The van der Waals surface area contributed by atoms with Crippen LogP contribution in [0.1, 0.15) is 11.3 Å². The van der Waals surface area contributed by atoms with Crippen molar-refractivity contribution in [2.24, 2.45) is 0 Å². The molecule has 1 aliphatic rings. The van der Waals surface area contributed by atoms with E-state index >= 15 is 0 Å². The smallest absolute Gasteiger partial charge is 0.234 e. The zero-order valence-corrected chi connectivity index (χ0v) is 18.8. The molecular formula is C24H22N4O4S. The number of hydrogen-bond acceptors (Lipinski definition) is 7. The van der Waals surface area contributed by atoms with Crippen LogP contribution >= 0.6 is 11.8 Å². The topological polar surface area (TPSA) is 91.4 Å². The van der Waals surface area contributed by atoms with E-state index in [-0.39, 0.29) is 11.7 Å². The fourth-order valence-corrected chi connectivity index (χ4v) is 4.28. The quantitative estimate of drug-likeness (QED) is 0.407. The van der Waals surface area contributed by atoms with Crippen molar-refractivity contribution in [2.75, 3.05) is 24.3 Å². The molecule has 2 aromatic heterocycles. The molecule has 0 saturated heterocycles. The minimum Gasteiger partial charge on any atom is -0.486 e. The van der Waals surface area contributed by atoms with Crippen molar-refractivity contribution in [1.29, 1.82) is 0 Å². The maximum atomic E-state index is 12.6. The first-order chi connectivity index (χ1) is 16.2. The summed E-state index contributed by atoms with van der Waals surface area (Å²) in [6.07, 6.45) is 1.64. The van der Waals surface area contributed by atoms with Crippen molar-refractivity contribution in [3.63, 3.8) is 0 Å². The third-order valence-electron chi connectivity index (χ3n) is 5.05. The molecule has 168 valence electrons. The van der Waals surface area contributed by atoms with Gasteiger partial charge in [-0.2, -0.15) is 0 Å². The SMILES string of the molecule is Cc1cccc(-c2nnc(SCC(=O)Nc3ccc4c(c3)OCCO4)n2Cc2ccco2)c1. The van der Waals surface area contributed by atoms with Gasteiger partial charge in [0.1, 0.15) is 19.0 Å². The van der Waals surface area contributed by atoms with E-state index in [9.17, 15) is 4.79 Å².